The number of nitrogens with one attached hydrogen (secondary N) is 1. The molecule has 0 heterocycles. The molecule has 0 radical (unpaired) electrons. The molecule has 3 N–H and O–H groups in total. The van der Waals surface area contributed by atoms with E-state index in [2.05, 4.69) is 40.2 Å². The van der Waals surface area contributed by atoms with Crippen molar-refractivity contribution in [2.45, 2.75) is 24.8 Å². The summed E-state index contributed by atoms with van der Waals surface area (Å²) >= 11 is 3.35. The van der Waals surface area contributed by atoms with E-state index in [4.69, 9.17) is 5.73 Å². The van der Waals surface area contributed by atoms with Crippen LogP contribution in [0.5, 0.6) is 0 Å². The number of hydrogen-bond donors (Lipinski definition) is 2. The molecule has 1 aromatic carbocycles. The largest absolute Gasteiger partial charge is 0.399 e. The van der Waals surface area contributed by atoms with Crippen molar-refractivity contribution in [1.29, 1.82) is 0 Å². The average Bonchev–Trinajstić information content (AvgIpc) is 2.25. The minimum atomic E-state index is -0.0684. The fourth-order valence-electron chi connectivity index (χ4n) is 2.46. The third kappa shape index (κ3) is 3.09. The zero-order chi connectivity index (χ0) is 14.0. The standard InChI is InChI=1S/C14H20BrN3O/c1-18(2)14(4-3-5-14)9-17-13(19)10-6-11(15)8-12(16)7-10/h6-8H,3-5,9,16H2,1-2H3,(H,17,19). The second-order valence-electron chi connectivity index (χ2n) is 5.43. The van der Waals surface area contributed by atoms with Gasteiger partial charge in [0.1, 0.15) is 0 Å². The Bertz CT molecular complexity index is 463. The van der Waals surface area contributed by atoms with Crippen LogP contribution in [0.25, 0.3) is 0 Å². The van der Waals surface area contributed by atoms with Crippen molar-refractivity contribution in [3.8, 4) is 0 Å². The second-order valence-corrected chi connectivity index (χ2v) is 6.34. The van der Waals surface area contributed by atoms with Crippen LogP contribution >= 0.6 is 15.9 Å². The van der Waals surface area contributed by atoms with Crippen molar-refractivity contribution in [2.75, 3.05) is 26.4 Å². The average molecular weight is 326 g/mol. The number of nitrogens with two attached hydrogens (primary N) is 1. The highest BCUT2D eigenvalue weighted by molar-refractivity contribution is 9.10. The number of carbonyl (C=O) groups is 1. The normalized spacial score (nSPS) is 17.1. The van der Waals surface area contributed by atoms with E-state index < -0.39 is 0 Å². The predicted molar refractivity (Wildman–Crippen MR) is 81.2 cm³/mol. The molecule has 19 heavy (non-hydrogen) atoms. The maximum absolute atomic E-state index is 12.2. The molecule has 0 aromatic heterocycles. The van der Waals surface area contributed by atoms with Gasteiger partial charge in [0.25, 0.3) is 5.91 Å². The third-order valence-electron chi connectivity index (χ3n) is 3.99. The first-order chi connectivity index (χ1) is 8.93. The van der Waals surface area contributed by atoms with E-state index in [9.17, 15) is 4.79 Å². The number of nitrogen functional groups attached to an aromatic ring is 1. The molecule has 0 spiro atoms. The fraction of sp³-hybridized carbons (Fsp3) is 0.500. The molecule has 0 aliphatic heterocycles. The number of hydrogen-bond acceptors (Lipinski definition) is 3. The Kier molecular flexibility index (Phi) is 4.16. The van der Waals surface area contributed by atoms with Gasteiger partial charge in [-0.05, 0) is 51.6 Å². The molecule has 1 saturated carbocycles. The fourth-order valence-corrected chi connectivity index (χ4v) is 2.97. The summed E-state index contributed by atoms with van der Waals surface area (Å²) in [6.07, 6.45) is 3.51. The van der Waals surface area contributed by atoms with Gasteiger partial charge in [-0.15, -0.1) is 0 Å². The minimum Gasteiger partial charge on any atom is -0.399 e. The SMILES string of the molecule is CN(C)C1(CNC(=O)c2cc(N)cc(Br)c2)CCC1. The Morgan fingerprint density at radius 2 is 2.11 bits per heavy atom. The van der Waals surface area contributed by atoms with E-state index in [1.807, 2.05) is 0 Å². The molecular weight excluding hydrogens is 306 g/mol. The van der Waals surface area contributed by atoms with Crippen LogP contribution in [0.4, 0.5) is 5.69 Å². The first kappa shape index (κ1) is 14.3. The maximum Gasteiger partial charge on any atom is 0.251 e. The van der Waals surface area contributed by atoms with Gasteiger partial charge in [0, 0.05) is 27.8 Å². The molecule has 1 aromatic rings. The molecular formula is C14H20BrN3O. The molecule has 0 bridgehead atoms. The number of benzene rings is 1. The van der Waals surface area contributed by atoms with Gasteiger partial charge in [-0.25, -0.2) is 0 Å². The summed E-state index contributed by atoms with van der Waals surface area (Å²) in [5, 5.41) is 3.02. The third-order valence-corrected chi connectivity index (χ3v) is 4.45. The first-order valence-electron chi connectivity index (χ1n) is 6.45. The van der Waals surface area contributed by atoms with Crippen molar-refractivity contribution in [3.63, 3.8) is 0 Å². The van der Waals surface area contributed by atoms with Gasteiger partial charge in [-0.1, -0.05) is 15.9 Å². The van der Waals surface area contributed by atoms with Crippen molar-refractivity contribution in [2.24, 2.45) is 0 Å². The predicted octanol–water partition coefficient (Wildman–Crippen LogP) is 2.25. The van der Waals surface area contributed by atoms with Gasteiger partial charge >= 0.3 is 0 Å². The van der Waals surface area contributed by atoms with Gasteiger partial charge in [0.15, 0.2) is 0 Å². The van der Waals surface area contributed by atoms with Crippen LogP contribution in [-0.2, 0) is 0 Å². The van der Waals surface area contributed by atoms with E-state index in [0.717, 1.165) is 17.3 Å². The first-order valence-corrected chi connectivity index (χ1v) is 7.24. The van der Waals surface area contributed by atoms with Crippen molar-refractivity contribution >= 4 is 27.5 Å². The molecule has 5 heteroatoms. The lowest BCUT2D eigenvalue weighted by molar-refractivity contribution is 0.0557. The zero-order valence-corrected chi connectivity index (χ0v) is 13.0. The number of halogens is 1. The molecule has 1 amide bonds. The van der Waals surface area contributed by atoms with E-state index >= 15 is 0 Å². The lowest BCUT2D eigenvalue weighted by atomic mass is 9.75. The highest BCUT2D eigenvalue weighted by Gasteiger charge is 2.39. The van der Waals surface area contributed by atoms with E-state index in [1.54, 1.807) is 18.2 Å². The molecule has 0 saturated heterocycles. The van der Waals surface area contributed by atoms with Crippen molar-refractivity contribution in [1.82, 2.24) is 10.2 Å². The summed E-state index contributed by atoms with van der Waals surface area (Å²) in [7, 11) is 4.14. The molecule has 2 rings (SSSR count). The molecule has 1 fully saturated rings. The van der Waals surface area contributed by atoms with Gasteiger partial charge in [-0.2, -0.15) is 0 Å². The van der Waals surface area contributed by atoms with Crippen molar-refractivity contribution in [3.05, 3.63) is 28.2 Å². The van der Waals surface area contributed by atoms with Gasteiger partial charge in [-0.3, -0.25) is 4.79 Å². The van der Waals surface area contributed by atoms with Crippen LogP contribution in [0.1, 0.15) is 29.6 Å². The van der Waals surface area contributed by atoms with Crippen LogP contribution in [0.3, 0.4) is 0 Å². The minimum absolute atomic E-state index is 0.0684. The molecule has 0 atom stereocenters. The molecule has 0 unspecified atom stereocenters. The molecule has 1 aliphatic carbocycles. The van der Waals surface area contributed by atoms with E-state index in [1.165, 1.54) is 6.42 Å². The van der Waals surface area contributed by atoms with Crippen LogP contribution in [0.15, 0.2) is 22.7 Å². The quantitative estimate of drug-likeness (QED) is 0.835. The number of carbonyl (C=O) groups excluding carboxylic acids is 1. The lowest BCUT2D eigenvalue weighted by Gasteiger charge is -2.47. The number of amides is 1. The van der Waals surface area contributed by atoms with Crippen LogP contribution in [0, 0.1) is 0 Å². The number of nitrogens with zero attached hydrogens (tertiary/aromatic N) is 1. The molecule has 4 nitrogen and oxygen atoms in total. The maximum atomic E-state index is 12.2. The van der Waals surface area contributed by atoms with E-state index in [-0.39, 0.29) is 11.4 Å². The summed E-state index contributed by atoms with van der Waals surface area (Å²) in [6, 6.07) is 5.27. The van der Waals surface area contributed by atoms with Gasteiger partial charge < -0.3 is 16.0 Å². The topological polar surface area (TPSA) is 58.4 Å². The smallest absolute Gasteiger partial charge is 0.251 e. The zero-order valence-electron chi connectivity index (χ0n) is 11.4. The molecule has 104 valence electrons. The summed E-state index contributed by atoms with van der Waals surface area (Å²) in [5.74, 6) is -0.0684. The number of likely N-dealkylation sites (N-methyl/N-ethyl adjacent to an activating group) is 1. The van der Waals surface area contributed by atoms with Crippen LogP contribution in [0.2, 0.25) is 0 Å². The molecule has 1 aliphatic rings. The van der Waals surface area contributed by atoms with E-state index in [0.29, 0.717) is 17.8 Å². The Morgan fingerprint density at radius 1 is 1.42 bits per heavy atom. The van der Waals surface area contributed by atoms with Crippen molar-refractivity contribution < 1.29 is 4.79 Å². The second kappa shape index (κ2) is 5.51. The Balaban J connectivity index is 2.01. The highest BCUT2D eigenvalue weighted by atomic mass is 79.9. The Hall–Kier alpha value is -1.07. The van der Waals surface area contributed by atoms with Gasteiger partial charge in [0.05, 0.1) is 0 Å². The highest BCUT2D eigenvalue weighted by Crippen LogP contribution is 2.35. The van der Waals surface area contributed by atoms with Gasteiger partial charge in [0.2, 0.25) is 0 Å². The Morgan fingerprint density at radius 3 is 2.58 bits per heavy atom. The lowest BCUT2D eigenvalue weighted by Crippen LogP contribution is -2.57. The summed E-state index contributed by atoms with van der Waals surface area (Å²) in [6.45, 7) is 0.686. The summed E-state index contributed by atoms with van der Waals surface area (Å²) in [5.41, 5.74) is 7.06. The summed E-state index contributed by atoms with van der Waals surface area (Å²) in [4.78, 5) is 14.4. The monoisotopic (exact) mass is 325 g/mol. The van der Waals surface area contributed by atoms with Crippen LogP contribution in [-0.4, -0.2) is 37.0 Å². The van der Waals surface area contributed by atoms with Crippen LogP contribution < -0.4 is 11.1 Å². The number of anilines is 1. The Labute approximate surface area is 122 Å². The summed E-state index contributed by atoms with van der Waals surface area (Å²) < 4.78 is 0.823. The number of rotatable bonds is 4.